The predicted molar refractivity (Wildman–Crippen MR) is 156 cm³/mol. The van der Waals surface area contributed by atoms with Crippen molar-refractivity contribution >= 4 is 32.4 Å². The van der Waals surface area contributed by atoms with E-state index in [1.165, 1.54) is 4.31 Å². The average Bonchev–Trinajstić information content (AvgIpc) is 3.50. The van der Waals surface area contributed by atoms with Crippen LogP contribution < -0.4 is 10.3 Å². The molecule has 1 saturated heterocycles. The molecule has 11 nitrogen and oxygen atoms in total. The van der Waals surface area contributed by atoms with Gasteiger partial charge in [0, 0.05) is 31.6 Å². The van der Waals surface area contributed by atoms with Crippen LogP contribution in [0.5, 0.6) is 5.75 Å². The second-order valence-corrected chi connectivity index (χ2v) is 13.0. The molecule has 0 saturated carbocycles. The van der Waals surface area contributed by atoms with Gasteiger partial charge in [0.05, 0.1) is 40.0 Å². The van der Waals surface area contributed by atoms with Gasteiger partial charge in [0.15, 0.2) is 5.52 Å². The molecule has 4 heterocycles. The molecule has 0 radical (unpaired) electrons. The highest BCUT2D eigenvalue weighted by atomic mass is 32.2. The Hall–Kier alpha value is -3.13. The van der Waals surface area contributed by atoms with E-state index in [1.54, 1.807) is 34.2 Å². The first-order valence-electron chi connectivity index (χ1n) is 13.6. The number of H-pyrrole nitrogens is 1. The maximum absolute atomic E-state index is 13.6. The van der Waals surface area contributed by atoms with E-state index in [0.717, 1.165) is 23.5 Å². The van der Waals surface area contributed by atoms with E-state index >= 15 is 0 Å². The van der Waals surface area contributed by atoms with Crippen molar-refractivity contribution in [3.63, 3.8) is 0 Å². The predicted octanol–water partition coefficient (Wildman–Crippen LogP) is 3.28. The molecule has 4 aromatic rings. The monoisotopic (exact) mass is 585 g/mol. The van der Waals surface area contributed by atoms with Crippen molar-refractivity contribution in [3.8, 4) is 17.1 Å². The van der Waals surface area contributed by atoms with Gasteiger partial charge in [0.2, 0.25) is 10.0 Å². The number of benzene rings is 1. The summed E-state index contributed by atoms with van der Waals surface area (Å²) in [5, 5.41) is 7.64. The van der Waals surface area contributed by atoms with Gasteiger partial charge in [-0.25, -0.2) is 18.4 Å². The first-order valence-corrected chi connectivity index (χ1v) is 15.9. The summed E-state index contributed by atoms with van der Waals surface area (Å²) in [5.74, 6) is 0.712. The van der Waals surface area contributed by atoms with E-state index in [0.29, 0.717) is 73.8 Å². The molecule has 40 heavy (non-hydrogen) atoms. The molecule has 13 heteroatoms. The number of aromatic nitrogens is 5. The van der Waals surface area contributed by atoms with Crippen LogP contribution in [0, 0.1) is 6.92 Å². The van der Waals surface area contributed by atoms with E-state index in [-0.39, 0.29) is 16.3 Å². The van der Waals surface area contributed by atoms with Crippen molar-refractivity contribution in [2.24, 2.45) is 0 Å². The Balaban J connectivity index is 1.62. The third kappa shape index (κ3) is 5.69. The maximum Gasteiger partial charge on any atom is 0.277 e. The minimum absolute atomic E-state index is 0.141. The number of hydrogen-bond acceptors (Lipinski definition) is 9. The molecule has 1 aliphatic heterocycles. The van der Waals surface area contributed by atoms with Crippen LogP contribution in [-0.2, 0) is 23.0 Å². The molecule has 0 aliphatic carbocycles. The van der Waals surface area contributed by atoms with E-state index < -0.39 is 10.0 Å². The van der Waals surface area contributed by atoms with Gasteiger partial charge in [-0.1, -0.05) is 20.3 Å². The first kappa shape index (κ1) is 28.4. The van der Waals surface area contributed by atoms with Crippen molar-refractivity contribution in [1.82, 2.24) is 33.9 Å². The summed E-state index contributed by atoms with van der Waals surface area (Å²) in [6, 6.07) is 4.78. The maximum atomic E-state index is 13.6. The van der Waals surface area contributed by atoms with Gasteiger partial charge in [-0.3, -0.25) is 9.48 Å². The molecule has 0 atom stereocenters. The van der Waals surface area contributed by atoms with Crippen LogP contribution in [0.4, 0.5) is 0 Å². The minimum Gasteiger partial charge on any atom is -0.493 e. The molecule has 5 rings (SSSR count). The standard InChI is InChI=1S/C27H35N7O4S2/c1-5-7-22-24-25(34(31-22)16-19-17-39-18(3)28-19)27(35)30-26(29-24)21-15-20(8-9-23(21)38-14-6-2)40(36,37)33-12-10-32(4)11-13-33/h8-9,15,17H,5-7,10-14,16H2,1-4H3,(H,29,30,35). The highest BCUT2D eigenvalue weighted by molar-refractivity contribution is 7.89. The third-order valence-electron chi connectivity index (χ3n) is 6.90. The number of nitrogens with zero attached hydrogens (tertiary/aromatic N) is 6. The van der Waals surface area contributed by atoms with Gasteiger partial charge in [0.1, 0.15) is 17.1 Å². The molecular formula is C27H35N7O4S2. The molecular weight excluding hydrogens is 550 g/mol. The first-order chi connectivity index (χ1) is 19.2. The van der Waals surface area contributed by atoms with Gasteiger partial charge in [0.25, 0.3) is 5.56 Å². The highest BCUT2D eigenvalue weighted by Gasteiger charge is 2.29. The number of aromatic amines is 1. The Morgan fingerprint density at radius 1 is 1.10 bits per heavy atom. The molecule has 1 aliphatic rings. The third-order valence-corrected chi connectivity index (χ3v) is 9.62. The normalized spacial score (nSPS) is 15.2. The Labute approximate surface area is 237 Å². The number of likely N-dealkylation sites (N-methyl/N-ethyl adjacent to an activating group) is 1. The molecule has 3 aromatic heterocycles. The minimum atomic E-state index is -3.74. The molecule has 1 N–H and O–H groups in total. The fraction of sp³-hybridized carbons (Fsp3) is 0.481. The number of fused-ring (bicyclic) bond motifs is 1. The smallest absolute Gasteiger partial charge is 0.277 e. The number of rotatable bonds is 10. The fourth-order valence-corrected chi connectivity index (χ4v) is 6.85. The second kappa shape index (κ2) is 11.8. The highest BCUT2D eigenvalue weighted by Crippen LogP contribution is 2.32. The van der Waals surface area contributed by atoms with Gasteiger partial charge < -0.3 is 14.6 Å². The number of aryl methyl sites for hydroxylation is 2. The zero-order chi connectivity index (χ0) is 28.4. The summed E-state index contributed by atoms with van der Waals surface area (Å²) >= 11 is 1.55. The van der Waals surface area contributed by atoms with Crippen LogP contribution in [0.3, 0.4) is 0 Å². The Kier molecular flexibility index (Phi) is 8.36. The molecule has 1 fully saturated rings. The SMILES string of the molecule is CCCOc1ccc(S(=O)(=O)N2CCN(C)CC2)cc1-c1nc2c(CCC)nn(Cc3csc(C)n3)c2c(=O)[nH]1. The van der Waals surface area contributed by atoms with E-state index in [9.17, 15) is 13.2 Å². The molecule has 214 valence electrons. The molecule has 1 aromatic carbocycles. The number of hydrogen-bond donors (Lipinski definition) is 1. The average molecular weight is 586 g/mol. The second-order valence-electron chi connectivity index (χ2n) is 10.0. The number of sulfonamides is 1. The lowest BCUT2D eigenvalue weighted by Crippen LogP contribution is -2.47. The Bertz CT molecular complexity index is 1670. The van der Waals surface area contributed by atoms with Gasteiger partial charge in [-0.05, 0) is 45.0 Å². The topological polar surface area (TPSA) is 126 Å². The van der Waals surface area contributed by atoms with Gasteiger partial charge >= 0.3 is 0 Å². The number of thiazole rings is 1. The van der Waals surface area contributed by atoms with Crippen LogP contribution in [0.15, 0.2) is 33.3 Å². The fourth-order valence-electron chi connectivity index (χ4n) is 4.80. The Morgan fingerprint density at radius 3 is 2.55 bits per heavy atom. The number of ether oxygens (including phenoxy) is 1. The summed E-state index contributed by atoms with van der Waals surface area (Å²) in [6.07, 6.45) is 2.25. The van der Waals surface area contributed by atoms with E-state index in [4.69, 9.17) is 14.8 Å². The molecule has 0 bridgehead atoms. The number of piperazine rings is 1. The van der Waals surface area contributed by atoms with Crippen molar-refractivity contribution in [2.75, 3.05) is 39.8 Å². The Morgan fingerprint density at radius 2 is 1.88 bits per heavy atom. The van der Waals surface area contributed by atoms with Gasteiger partial charge in [-0.2, -0.15) is 9.40 Å². The van der Waals surface area contributed by atoms with Crippen LogP contribution in [0.1, 0.15) is 43.1 Å². The summed E-state index contributed by atoms with van der Waals surface area (Å²) in [7, 11) is -1.76. The van der Waals surface area contributed by atoms with E-state index in [1.807, 2.05) is 33.2 Å². The lowest BCUT2D eigenvalue weighted by Gasteiger charge is -2.31. The van der Waals surface area contributed by atoms with Crippen molar-refractivity contribution in [2.45, 2.75) is 51.5 Å². The quantitative estimate of drug-likeness (QED) is 0.301. The van der Waals surface area contributed by atoms with Crippen LogP contribution in [0.25, 0.3) is 22.4 Å². The lowest BCUT2D eigenvalue weighted by molar-refractivity contribution is 0.222. The van der Waals surface area contributed by atoms with E-state index in [2.05, 4.69) is 14.9 Å². The van der Waals surface area contributed by atoms with Gasteiger partial charge in [-0.15, -0.1) is 11.3 Å². The van der Waals surface area contributed by atoms with Crippen molar-refractivity contribution in [3.05, 3.63) is 50.3 Å². The number of nitrogens with one attached hydrogen (secondary N) is 1. The largest absolute Gasteiger partial charge is 0.493 e. The zero-order valence-electron chi connectivity index (χ0n) is 23.3. The lowest BCUT2D eigenvalue weighted by atomic mass is 10.1. The summed E-state index contributed by atoms with van der Waals surface area (Å²) < 4.78 is 36.3. The van der Waals surface area contributed by atoms with Crippen LogP contribution in [0.2, 0.25) is 0 Å². The van der Waals surface area contributed by atoms with Crippen molar-refractivity contribution < 1.29 is 13.2 Å². The summed E-state index contributed by atoms with van der Waals surface area (Å²) in [5.41, 5.74) is 2.49. The zero-order valence-corrected chi connectivity index (χ0v) is 24.9. The molecule has 0 unspecified atom stereocenters. The van der Waals surface area contributed by atoms with Crippen LogP contribution >= 0.6 is 11.3 Å². The summed E-state index contributed by atoms with van der Waals surface area (Å²) in [6.45, 7) is 8.95. The van der Waals surface area contributed by atoms with Crippen molar-refractivity contribution in [1.29, 1.82) is 0 Å². The van der Waals surface area contributed by atoms with Crippen LogP contribution in [-0.4, -0.2) is 82.2 Å². The molecule has 0 amide bonds. The molecule has 0 spiro atoms. The summed E-state index contributed by atoms with van der Waals surface area (Å²) in [4.78, 5) is 28.1.